The molecule has 3 nitrogen and oxygen atoms in total. The summed E-state index contributed by atoms with van der Waals surface area (Å²) in [7, 11) is 0. The van der Waals surface area contributed by atoms with Gasteiger partial charge in [-0.1, -0.05) is 0 Å². The molecule has 0 aromatic carbocycles. The van der Waals surface area contributed by atoms with E-state index in [-0.39, 0.29) is 0 Å². The standard InChI is InChI=1S/C6H12N2O/c7-6(9)5-1-3-8-4-2-5/h5,8H,1-4H2,(H2,7,9)/i1D2,2D2,3D2,4D2,5D. The van der Waals surface area contributed by atoms with Crippen molar-refractivity contribution in [2.24, 2.45) is 11.6 Å². The molecule has 0 radical (unpaired) electrons. The van der Waals surface area contributed by atoms with Crippen molar-refractivity contribution in [3.05, 3.63) is 0 Å². The molecule has 0 spiro atoms. The van der Waals surface area contributed by atoms with Gasteiger partial charge >= 0.3 is 0 Å². The SMILES string of the molecule is [2H]C1([2H])NC([2H])([2H])C([2H])([2H])C([2H])(C(N)=O)C1([2H])[2H]. The third-order valence-electron chi connectivity index (χ3n) is 0.746. The van der Waals surface area contributed by atoms with Gasteiger partial charge in [-0.3, -0.25) is 4.79 Å². The molecule has 1 amide bonds. The molecule has 0 aliphatic carbocycles. The van der Waals surface area contributed by atoms with E-state index >= 15 is 0 Å². The zero-order chi connectivity index (χ0) is 14.8. The first-order valence-corrected chi connectivity index (χ1v) is 2.24. The lowest BCUT2D eigenvalue weighted by molar-refractivity contribution is -0.122. The summed E-state index contributed by atoms with van der Waals surface area (Å²) in [6.07, 6.45) is -6.72. The number of carbonyl (C=O) groups is 1. The van der Waals surface area contributed by atoms with E-state index in [4.69, 9.17) is 18.1 Å². The molecule has 0 aromatic rings. The third kappa shape index (κ3) is 1.68. The average molecular weight is 137 g/mol. The summed E-state index contributed by atoms with van der Waals surface area (Å²) < 4.78 is 67.0. The number of hydrogen-bond acceptors (Lipinski definition) is 2. The van der Waals surface area contributed by atoms with E-state index in [1.165, 1.54) is 5.32 Å². The van der Waals surface area contributed by atoms with Crippen molar-refractivity contribution < 1.29 is 17.1 Å². The fraction of sp³-hybridized carbons (Fsp3) is 0.833. The number of carbonyl (C=O) groups excluding carboxylic acids is 1. The molecule has 0 bridgehead atoms. The summed E-state index contributed by atoms with van der Waals surface area (Å²) in [6, 6.07) is 0. The Hall–Kier alpha value is -0.570. The van der Waals surface area contributed by atoms with Crippen LogP contribution in [0.5, 0.6) is 0 Å². The Balaban J connectivity index is 3.64. The maximum atomic E-state index is 11.3. The van der Waals surface area contributed by atoms with E-state index in [9.17, 15) is 4.79 Å². The highest BCUT2D eigenvalue weighted by Crippen LogP contribution is 2.09. The molecule has 0 atom stereocenters. The molecule has 3 N–H and O–H groups in total. The second kappa shape index (κ2) is 2.82. The van der Waals surface area contributed by atoms with Crippen LogP contribution in [-0.2, 0) is 4.79 Å². The van der Waals surface area contributed by atoms with Crippen molar-refractivity contribution in [1.82, 2.24) is 5.32 Å². The van der Waals surface area contributed by atoms with Gasteiger partial charge in [-0.05, 0) is 25.7 Å². The normalized spacial score (nSPS) is 62.4. The van der Waals surface area contributed by atoms with Crippen molar-refractivity contribution in [3.8, 4) is 0 Å². The van der Waals surface area contributed by atoms with Gasteiger partial charge in [0.1, 0.15) is 0 Å². The average Bonchev–Trinajstić information content (AvgIpc) is 2.11. The monoisotopic (exact) mass is 137 g/mol. The van der Waals surface area contributed by atoms with Crippen molar-refractivity contribution in [3.63, 3.8) is 0 Å². The minimum Gasteiger partial charge on any atom is -0.369 e. The summed E-state index contributed by atoms with van der Waals surface area (Å²) in [6.45, 7) is -6.28. The lowest BCUT2D eigenvalue weighted by atomic mass is 9.98. The van der Waals surface area contributed by atoms with Gasteiger partial charge < -0.3 is 11.1 Å². The number of nitrogens with one attached hydrogen (secondary N) is 1. The molecule has 9 heavy (non-hydrogen) atoms. The molecule has 1 rings (SSSR count). The summed E-state index contributed by atoms with van der Waals surface area (Å²) in [5.74, 6) is -5.19. The van der Waals surface area contributed by atoms with Crippen LogP contribution in [0, 0.1) is 5.89 Å². The summed E-state index contributed by atoms with van der Waals surface area (Å²) in [4.78, 5) is 11.3. The first kappa shape index (κ1) is 1.53. The van der Waals surface area contributed by atoms with Crippen LogP contribution in [0.2, 0.25) is 0 Å². The Kier molecular flexibility index (Phi) is 0.481. The molecule has 1 saturated heterocycles. The fourth-order valence-electron chi connectivity index (χ4n) is 0.373. The van der Waals surface area contributed by atoms with Gasteiger partial charge in [0, 0.05) is 18.2 Å². The van der Waals surface area contributed by atoms with Gasteiger partial charge in [-0.2, -0.15) is 0 Å². The Bertz CT molecular complexity index is 367. The Morgan fingerprint density at radius 1 is 1.78 bits per heavy atom. The molecular formula is C6H12N2O. The number of piperidine rings is 1. The second-order valence-corrected chi connectivity index (χ2v) is 1.36. The lowest BCUT2D eigenvalue weighted by Gasteiger charge is -2.18. The van der Waals surface area contributed by atoms with Crippen LogP contribution in [0.15, 0.2) is 0 Å². The largest absolute Gasteiger partial charge is 0.369 e. The number of amides is 1. The summed E-state index contributed by atoms with van der Waals surface area (Å²) in [5.41, 5.74) is 4.83. The number of rotatable bonds is 1. The molecule has 0 saturated carbocycles. The second-order valence-electron chi connectivity index (χ2n) is 1.36. The Morgan fingerprint density at radius 3 is 2.78 bits per heavy atom. The number of nitrogens with two attached hydrogens (primary N) is 1. The van der Waals surface area contributed by atoms with Crippen molar-refractivity contribution >= 4 is 5.91 Å². The van der Waals surface area contributed by atoms with Gasteiger partial charge in [0.15, 0.2) is 0 Å². The summed E-state index contributed by atoms with van der Waals surface area (Å²) in [5, 5.41) is 1.51. The highest BCUT2D eigenvalue weighted by atomic mass is 16.1. The van der Waals surface area contributed by atoms with Crippen LogP contribution in [0.4, 0.5) is 0 Å². The molecule has 1 aliphatic rings. The minimum atomic E-state index is -3.42. The summed E-state index contributed by atoms with van der Waals surface area (Å²) >= 11 is 0. The molecule has 1 heterocycles. The molecule has 52 valence electrons. The van der Waals surface area contributed by atoms with E-state index in [2.05, 4.69) is 0 Å². The fourth-order valence-corrected chi connectivity index (χ4v) is 0.373. The van der Waals surface area contributed by atoms with Crippen LogP contribution in [-0.4, -0.2) is 18.9 Å². The van der Waals surface area contributed by atoms with Gasteiger partial charge in [0.25, 0.3) is 0 Å². The first-order chi connectivity index (χ1) is 7.65. The van der Waals surface area contributed by atoms with Crippen molar-refractivity contribution in [2.45, 2.75) is 12.7 Å². The highest BCUT2D eigenvalue weighted by molar-refractivity contribution is 5.76. The maximum Gasteiger partial charge on any atom is 0.220 e. The lowest BCUT2D eigenvalue weighted by Crippen LogP contribution is -2.34. The Labute approximate surface area is 67.3 Å². The van der Waals surface area contributed by atoms with E-state index in [1.54, 1.807) is 0 Å². The van der Waals surface area contributed by atoms with E-state index < -0.39 is 37.5 Å². The number of hydrogen-bond donors (Lipinski definition) is 2. The first-order valence-electron chi connectivity index (χ1n) is 6.74. The maximum absolute atomic E-state index is 11.3. The van der Waals surface area contributed by atoms with E-state index in [1.807, 2.05) is 0 Å². The molecule has 1 fully saturated rings. The van der Waals surface area contributed by atoms with Crippen LogP contribution in [0.3, 0.4) is 0 Å². The topological polar surface area (TPSA) is 55.1 Å². The third-order valence-corrected chi connectivity index (χ3v) is 0.746. The predicted molar refractivity (Wildman–Crippen MR) is 34.8 cm³/mol. The molecular weight excluding hydrogens is 116 g/mol. The smallest absolute Gasteiger partial charge is 0.220 e. The van der Waals surface area contributed by atoms with Gasteiger partial charge in [0.2, 0.25) is 5.91 Å². The number of primary amides is 1. The van der Waals surface area contributed by atoms with E-state index in [0.717, 1.165) is 0 Å². The van der Waals surface area contributed by atoms with Crippen molar-refractivity contribution in [2.75, 3.05) is 13.0 Å². The molecule has 0 aromatic heterocycles. The van der Waals surface area contributed by atoms with Crippen molar-refractivity contribution in [1.29, 1.82) is 0 Å². The zero-order valence-corrected chi connectivity index (χ0v) is 4.49. The zero-order valence-electron chi connectivity index (χ0n) is 13.5. The van der Waals surface area contributed by atoms with Crippen LogP contribution < -0.4 is 11.1 Å². The molecule has 0 unspecified atom stereocenters. The molecule has 1 aliphatic heterocycles. The quantitative estimate of drug-likeness (QED) is 0.510. The van der Waals surface area contributed by atoms with E-state index in [0.29, 0.717) is 0 Å². The van der Waals surface area contributed by atoms with Crippen LogP contribution in [0.1, 0.15) is 25.1 Å². The van der Waals surface area contributed by atoms with Gasteiger partial charge in [0.05, 0.1) is 0 Å². The van der Waals surface area contributed by atoms with Gasteiger partial charge in [-0.15, -0.1) is 0 Å². The molecule has 3 heteroatoms. The van der Waals surface area contributed by atoms with Crippen LogP contribution >= 0.6 is 0 Å². The Morgan fingerprint density at radius 2 is 2.33 bits per heavy atom. The highest BCUT2D eigenvalue weighted by Gasteiger charge is 2.17. The van der Waals surface area contributed by atoms with Gasteiger partial charge in [-0.25, -0.2) is 0 Å². The predicted octanol–water partition coefficient (Wildman–Crippen LogP) is -0.529. The van der Waals surface area contributed by atoms with Crippen LogP contribution in [0.25, 0.3) is 0 Å². The minimum absolute atomic E-state index is 1.51.